The number of pyridine rings is 1. The third kappa shape index (κ3) is 2.47. The first-order valence-corrected chi connectivity index (χ1v) is 6.30. The molecule has 100 valence electrons. The molecule has 0 aliphatic carbocycles. The molecule has 3 aromatic rings. The predicted octanol–water partition coefficient (Wildman–Crippen LogP) is 2.58. The fraction of sp³-hybridized carbons (Fsp3) is 0.0667. The van der Waals surface area contributed by atoms with Crippen molar-refractivity contribution >= 4 is 5.69 Å². The number of phenolic OH excluding ortho intramolecular Hbond substituents is 1. The summed E-state index contributed by atoms with van der Waals surface area (Å²) in [4.78, 5) is 4.33. The lowest BCUT2D eigenvalue weighted by molar-refractivity contribution is 0.469. The van der Waals surface area contributed by atoms with E-state index in [1.807, 2.05) is 36.5 Å². The number of anilines is 1. The molecule has 0 saturated carbocycles. The second-order valence-electron chi connectivity index (χ2n) is 4.31. The van der Waals surface area contributed by atoms with Gasteiger partial charge in [0.15, 0.2) is 5.82 Å². The van der Waals surface area contributed by atoms with E-state index in [9.17, 15) is 5.11 Å². The summed E-state index contributed by atoms with van der Waals surface area (Å²) in [7, 11) is 0. The number of aromatic nitrogens is 3. The van der Waals surface area contributed by atoms with Crippen molar-refractivity contribution in [1.82, 2.24) is 14.8 Å². The van der Waals surface area contributed by atoms with E-state index < -0.39 is 0 Å². The standard InChI is InChI=1S/C15H14N4O/c20-14-7-2-1-5-12(14)11-17-13-6-3-8-16-15(13)19-10-4-9-18-19/h1-10,17,20H,11H2. The van der Waals surface area contributed by atoms with Gasteiger partial charge in [0.2, 0.25) is 0 Å². The molecule has 0 aliphatic heterocycles. The molecule has 5 heteroatoms. The van der Waals surface area contributed by atoms with Crippen molar-refractivity contribution in [3.05, 3.63) is 66.6 Å². The van der Waals surface area contributed by atoms with E-state index in [4.69, 9.17) is 0 Å². The maximum atomic E-state index is 9.77. The molecule has 20 heavy (non-hydrogen) atoms. The van der Waals surface area contributed by atoms with Crippen LogP contribution in [-0.2, 0) is 6.54 Å². The Morgan fingerprint density at radius 3 is 2.75 bits per heavy atom. The molecule has 0 radical (unpaired) electrons. The zero-order chi connectivity index (χ0) is 13.8. The number of nitrogens with one attached hydrogen (secondary N) is 1. The molecular weight excluding hydrogens is 252 g/mol. The second-order valence-corrected chi connectivity index (χ2v) is 4.31. The van der Waals surface area contributed by atoms with Gasteiger partial charge in [-0.3, -0.25) is 0 Å². The molecule has 0 fully saturated rings. The zero-order valence-electron chi connectivity index (χ0n) is 10.8. The molecule has 0 bridgehead atoms. The van der Waals surface area contributed by atoms with Crippen molar-refractivity contribution in [2.45, 2.75) is 6.54 Å². The highest BCUT2D eigenvalue weighted by Gasteiger charge is 2.06. The minimum Gasteiger partial charge on any atom is -0.508 e. The Labute approximate surface area is 116 Å². The highest BCUT2D eigenvalue weighted by atomic mass is 16.3. The van der Waals surface area contributed by atoms with Gasteiger partial charge < -0.3 is 10.4 Å². The van der Waals surface area contributed by atoms with Crippen LogP contribution in [0.3, 0.4) is 0 Å². The summed E-state index contributed by atoms with van der Waals surface area (Å²) in [5.41, 5.74) is 1.70. The topological polar surface area (TPSA) is 63.0 Å². The largest absolute Gasteiger partial charge is 0.508 e. The van der Waals surface area contributed by atoms with E-state index in [1.54, 1.807) is 29.2 Å². The van der Waals surface area contributed by atoms with Gasteiger partial charge in [-0.05, 0) is 24.3 Å². The first-order chi connectivity index (χ1) is 9.84. The van der Waals surface area contributed by atoms with E-state index in [0.29, 0.717) is 6.54 Å². The fourth-order valence-corrected chi connectivity index (χ4v) is 1.96. The van der Waals surface area contributed by atoms with Gasteiger partial charge in [0.1, 0.15) is 5.75 Å². The highest BCUT2D eigenvalue weighted by Crippen LogP contribution is 2.20. The van der Waals surface area contributed by atoms with Gasteiger partial charge in [-0.1, -0.05) is 18.2 Å². The van der Waals surface area contributed by atoms with Crippen LogP contribution in [-0.4, -0.2) is 19.9 Å². The average molecular weight is 266 g/mol. The normalized spacial score (nSPS) is 10.4. The van der Waals surface area contributed by atoms with Gasteiger partial charge in [-0.15, -0.1) is 0 Å². The fourth-order valence-electron chi connectivity index (χ4n) is 1.96. The van der Waals surface area contributed by atoms with Crippen molar-refractivity contribution in [2.75, 3.05) is 5.32 Å². The molecule has 3 rings (SSSR count). The summed E-state index contributed by atoms with van der Waals surface area (Å²) in [5.74, 6) is 1.01. The van der Waals surface area contributed by atoms with E-state index >= 15 is 0 Å². The van der Waals surface area contributed by atoms with Gasteiger partial charge in [0.05, 0.1) is 5.69 Å². The maximum Gasteiger partial charge on any atom is 0.176 e. The number of aromatic hydroxyl groups is 1. The number of nitrogens with zero attached hydrogens (tertiary/aromatic N) is 3. The summed E-state index contributed by atoms with van der Waals surface area (Å²) in [6.07, 6.45) is 5.27. The van der Waals surface area contributed by atoms with Crippen molar-refractivity contribution in [3.8, 4) is 11.6 Å². The Balaban J connectivity index is 1.84. The number of phenols is 1. The molecule has 1 aromatic carbocycles. The van der Waals surface area contributed by atoms with E-state index in [1.165, 1.54) is 0 Å². The third-order valence-corrected chi connectivity index (χ3v) is 2.97. The van der Waals surface area contributed by atoms with Crippen molar-refractivity contribution in [3.63, 3.8) is 0 Å². The lowest BCUT2D eigenvalue weighted by Gasteiger charge is -2.11. The van der Waals surface area contributed by atoms with Gasteiger partial charge in [-0.25, -0.2) is 9.67 Å². The monoisotopic (exact) mass is 266 g/mol. The summed E-state index contributed by atoms with van der Waals surface area (Å²) in [5, 5.41) is 17.2. The van der Waals surface area contributed by atoms with Gasteiger partial charge in [0.25, 0.3) is 0 Å². The summed E-state index contributed by atoms with van der Waals surface area (Å²) < 4.78 is 1.70. The van der Waals surface area contributed by atoms with Crippen LogP contribution >= 0.6 is 0 Å². The number of hydrogen-bond donors (Lipinski definition) is 2. The Morgan fingerprint density at radius 1 is 1.05 bits per heavy atom. The zero-order valence-corrected chi connectivity index (χ0v) is 10.8. The van der Waals surface area contributed by atoms with E-state index in [0.717, 1.165) is 17.1 Å². The molecular formula is C15H14N4O. The summed E-state index contributed by atoms with van der Waals surface area (Å²) in [6, 6.07) is 12.9. The molecule has 0 atom stereocenters. The second kappa shape index (κ2) is 5.44. The molecule has 2 aromatic heterocycles. The molecule has 2 N–H and O–H groups in total. The quantitative estimate of drug-likeness (QED) is 0.762. The SMILES string of the molecule is Oc1ccccc1CNc1cccnc1-n1cccn1. The van der Waals surface area contributed by atoms with Gasteiger partial charge in [0, 0.05) is 30.7 Å². The Kier molecular flexibility index (Phi) is 3.33. The molecule has 5 nitrogen and oxygen atoms in total. The lowest BCUT2D eigenvalue weighted by Crippen LogP contribution is -2.06. The highest BCUT2D eigenvalue weighted by molar-refractivity contribution is 5.56. The predicted molar refractivity (Wildman–Crippen MR) is 76.8 cm³/mol. The van der Waals surface area contributed by atoms with E-state index in [-0.39, 0.29) is 5.75 Å². The Bertz CT molecular complexity index is 695. The van der Waals surface area contributed by atoms with Crippen molar-refractivity contribution < 1.29 is 5.11 Å². The molecule has 0 saturated heterocycles. The first kappa shape index (κ1) is 12.2. The average Bonchev–Trinajstić information content (AvgIpc) is 3.01. The van der Waals surface area contributed by atoms with Gasteiger partial charge in [-0.2, -0.15) is 5.10 Å². The van der Waals surface area contributed by atoms with Crippen LogP contribution in [0, 0.1) is 0 Å². The molecule has 0 amide bonds. The minimum absolute atomic E-state index is 0.282. The summed E-state index contributed by atoms with van der Waals surface area (Å²) >= 11 is 0. The Hall–Kier alpha value is -2.82. The van der Waals surface area contributed by atoms with Crippen LogP contribution < -0.4 is 5.32 Å². The minimum atomic E-state index is 0.282. The Morgan fingerprint density at radius 2 is 1.95 bits per heavy atom. The van der Waals surface area contributed by atoms with Crippen LogP contribution in [0.2, 0.25) is 0 Å². The lowest BCUT2D eigenvalue weighted by atomic mass is 10.2. The maximum absolute atomic E-state index is 9.77. The van der Waals surface area contributed by atoms with Crippen molar-refractivity contribution in [2.24, 2.45) is 0 Å². The van der Waals surface area contributed by atoms with Crippen LogP contribution in [0.1, 0.15) is 5.56 Å². The summed E-state index contributed by atoms with van der Waals surface area (Å²) in [6.45, 7) is 0.520. The molecule has 0 aliphatic rings. The smallest absolute Gasteiger partial charge is 0.176 e. The van der Waals surface area contributed by atoms with Crippen molar-refractivity contribution in [1.29, 1.82) is 0 Å². The van der Waals surface area contributed by atoms with Gasteiger partial charge >= 0.3 is 0 Å². The number of hydrogen-bond acceptors (Lipinski definition) is 4. The van der Waals surface area contributed by atoms with Crippen LogP contribution in [0.15, 0.2) is 61.1 Å². The van der Waals surface area contributed by atoms with Crippen LogP contribution in [0.4, 0.5) is 5.69 Å². The van der Waals surface area contributed by atoms with Crippen LogP contribution in [0.5, 0.6) is 5.75 Å². The molecule has 2 heterocycles. The molecule has 0 unspecified atom stereocenters. The number of rotatable bonds is 4. The number of benzene rings is 1. The first-order valence-electron chi connectivity index (χ1n) is 6.30. The van der Waals surface area contributed by atoms with Crippen LogP contribution in [0.25, 0.3) is 5.82 Å². The molecule has 0 spiro atoms. The van der Waals surface area contributed by atoms with E-state index in [2.05, 4.69) is 15.4 Å². The third-order valence-electron chi connectivity index (χ3n) is 2.97. The number of para-hydroxylation sites is 1.